The van der Waals surface area contributed by atoms with Crippen molar-refractivity contribution in [3.63, 3.8) is 0 Å². The zero-order valence-electron chi connectivity index (χ0n) is 6.38. The number of hydrogen-bond acceptors (Lipinski definition) is 2. The van der Waals surface area contributed by atoms with Crippen molar-refractivity contribution < 1.29 is 10.2 Å². The summed E-state index contributed by atoms with van der Waals surface area (Å²) < 4.78 is -1.73. The molecule has 0 radical (unpaired) electrons. The molecule has 5 heteroatoms. The zero-order chi connectivity index (χ0) is 9.78. The van der Waals surface area contributed by atoms with Crippen LogP contribution in [0, 0.1) is 0 Å². The molecule has 0 aromatic heterocycles. The fourth-order valence-corrected chi connectivity index (χ4v) is 0.947. The molecule has 0 bridgehead atoms. The van der Waals surface area contributed by atoms with E-state index in [0.717, 1.165) is 0 Å². The van der Waals surface area contributed by atoms with Crippen molar-refractivity contribution in [2.45, 2.75) is 28.8 Å². The minimum Gasteiger partial charge on any atom is -0.393 e. The van der Waals surface area contributed by atoms with Crippen LogP contribution in [-0.4, -0.2) is 26.2 Å². The molecule has 2 nitrogen and oxygen atoms in total. The first-order chi connectivity index (χ1) is 5.38. The maximum absolute atomic E-state index is 9.19. The highest BCUT2D eigenvalue weighted by Crippen LogP contribution is 2.32. The Morgan fingerprint density at radius 3 is 2.17 bits per heavy atom. The fourth-order valence-electron chi connectivity index (χ4n) is 0.680. The Morgan fingerprint density at radius 2 is 1.83 bits per heavy atom. The molecule has 0 aromatic carbocycles. The van der Waals surface area contributed by atoms with Gasteiger partial charge in [-0.05, 0) is 6.42 Å². The Bertz CT molecular complexity index is 144. The van der Waals surface area contributed by atoms with Crippen molar-refractivity contribution in [3.8, 4) is 0 Å². The number of aliphatic hydroxyl groups is 2. The first-order valence-corrected chi connectivity index (χ1v) is 4.55. The molecule has 0 aromatic rings. The molecule has 0 amide bonds. The Kier molecular flexibility index (Phi) is 5.53. The molecule has 12 heavy (non-hydrogen) atoms. The Labute approximate surface area is 86.7 Å². The molecule has 0 heterocycles. The van der Waals surface area contributed by atoms with E-state index in [1.54, 1.807) is 0 Å². The highest BCUT2D eigenvalue weighted by atomic mass is 35.6. The fraction of sp³-hybridized carbons (Fsp3) is 0.714. The van der Waals surface area contributed by atoms with Gasteiger partial charge < -0.3 is 10.2 Å². The summed E-state index contributed by atoms with van der Waals surface area (Å²) >= 11 is 16.1. The standard InChI is InChI=1S/C7H11Cl3O2/c1-2-3-5(11)4-6(12)7(8,9)10/h2,5-6,11-12H,1,3-4H2/t5-,6-/m1/s1. The van der Waals surface area contributed by atoms with Crippen molar-refractivity contribution in [2.24, 2.45) is 0 Å². The number of halogens is 3. The average molecular weight is 234 g/mol. The predicted molar refractivity (Wildman–Crippen MR) is 51.7 cm³/mol. The maximum atomic E-state index is 9.19. The Balaban J connectivity index is 3.83. The lowest BCUT2D eigenvalue weighted by molar-refractivity contribution is 0.0844. The highest BCUT2D eigenvalue weighted by molar-refractivity contribution is 6.68. The van der Waals surface area contributed by atoms with Gasteiger partial charge >= 0.3 is 0 Å². The lowest BCUT2D eigenvalue weighted by Crippen LogP contribution is -2.29. The van der Waals surface area contributed by atoms with E-state index in [2.05, 4.69) is 6.58 Å². The van der Waals surface area contributed by atoms with Crippen LogP contribution in [0.15, 0.2) is 12.7 Å². The van der Waals surface area contributed by atoms with Gasteiger partial charge in [-0.25, -0.2) is 0 Å². The Hall–Kier alpha value is 0.530. The summed E-state index contributed by atoms with van der Waals surface area (Å²) in [5.41, 5.74) is 0. The molecule has 0 aliphatic heterocycles. The normalized spacial score (nSPS) is 17.1. The van der Waals surface area contributed by atoms with E-state index >= 15 is 0 Å². The van der Waals surface area contributed by atoms with E-state index in [4.69, 9.17) is 34.8 Å². The average Bonchev–Trinajstić information content (AvgIpc) is 1.85. The molecule has 0 rings (SSSR count). The number of alkyl halides is 3. The van der Waals surface area contributed by atoms with Gasteiger partial charge in [-0.1, -0.05) is 40.9 Å². The SMILES string of the molecule is C=CC[C@@H](O)C[C@@H](O)C(Cl)(Cl)Cl. The predicted octanol–water partition coefficient (Wildman–Crippen LogP) is 2.04. The van der Waals surface area contributed by atoms with Gasteiger partial charge in [0.25, 0.3) is 0 Å². The maximum Gasteiger partial charge on any atom is 0.216 e. The third-order valence-corrected chi connectivity index (χ3v) is 2.07. The summed E-state index contributed by atoms with van der Waals surface area (Å²) in [5, 5.41) is 18.4. The monoisotopic (exact) mass is 232 g/mol. The van der Waals surface area contributed by atoms with E-state index in [-0.39, 0.29) is 6.42 Å². The third kappa shape index (κ3) is 5.22. The molecule has 2 N–H and O–H groups in total. The van der Waals surface area contributed by atoms with Crippen molar-refractivity contribution in [2.75, 3.05) is 0 Å². The highest BCUT2D eigenvalue weighted by Gasteiger charge is 2.31. The zero-order valence-corrected chi connectivity index (χ0v) is 8.65. The number of hydrogen-bond donors (Lipinski definition) is 2. The van der Waals surface area contributed by atoms with Gasteiger partial charge in [0.1, 0.15) is 6.10 Å². The van der Waals surface area contributed by atoms with Gasteiger partial charge in [-0.3, -0.25) is 0 Å². The minimum absolute atomic E-state index is 0.0303. The van der Waals surface area contributed by atoms with Crippen LogP contribution >= 0.6 is 34.8 Å². The molecule has 0 aliphatic carbocycles. The molecule has 0 unspecified atom stereocenters. The van der Waals surface area contributed by atoms with E-state index < -0.39 is 16.0 Å². The van der Waals surface area contributed by atoms with Crippen LogP contribution < -0.4 is 0 Å². The van der Waals surface area contributed by atoms with Gasteiger partial charge in [-0.15, -0.1) is 6.58 Å². The van der Waals surface area contributed by atoms with Crippen LogP contribution in [0.25, 0.3) is 0 Å². The molecule has 0 spiro atoms. The van der Waals surface area contributed by atoms with Gasteiger partial charge in [0.15, 0.2) is 0 Å². The lowest BCUT2D eigenvalue weighted by Gasteiger charge is -2.20. The van der Waals surface area contributed by atoms with Gasteiger partial charge in [0.2, 0.25) is 3.79 Å². The topological polar surface area (TPSA) is 40.5 Å². The molecule has 0 fully saturated rings. The molecule has 0 aliphatic rings. The Morgan fingerprint density at radius 1 is 1.33 bits per heavy atom. The second-order valence-corrected chi connectivity index (χ2v) is 4.84. The smallest absolute Gasteiger partial charge is 0.216 e. The summed E-state index contributed by atoms with van der Waals surface area (Å²) in [6, 6.07) is 0. The summed E-state index contributed by atoms with van der Waals surface area (Å²) in [4.78, 5) is 0. The second-order valence-electron chi connectivity index (χ2n) is 2.47. The number of aliphatic hydroxyl groups excluding tert-OH is 2. The lowest BCUT2D eigenvalue weighted by atomic mass is 10.1. The van der Waals surface area contributed by atoms with E-state index in [0.29, 0.717) is 6.42 Å². The molecule has 2 atom stereocenters. The van der Waals surface area contributed by atoms with Crippen molar-refractivity contribution in [1.29, 1.82) is 0 Å². The van der Waals surface area contributed by atoms with E-state index in [9.17, 15) is 10.2 Å². The first kappa shape index (κ1) is 12.5. The van der Waals surface area contributed by atoms with Gasteiger partial charge in [-0.2, -0.15) is 0 Å². The van der Waals surface area contributed by atoms with Crippen molar-refractivity contribution >= 4 is 34.8 Å². The summed E-state index contributed by atoms with van der Waals surface area (Å²) in [7, 11) is 0. The van der Waals surface area contributed by atoms with Crippen LogP contribution in [0.2, 0.25) is 0 Å². The second kappa shape index (κ2) is 5.30. The minimum atomic E-state index is -1.73. The first-order valence-electron chi connectivity index (χ1n) is 3.41. The van der Waals surface area contributed by atoms with Gasteiger partial charge in [0.05, 0.1) is 6.10 Å². The van der Waals surface area contributed by atoms with Crippen LogP contribution in [0.4, 0.5) is 0 Å². The molecule has 72 valence electrons. The van der Waals surface area contributed by atoms with E-state index in [1.807, 2.05) is 0 Å². The largest absolute Gasteiger partial charge is 0.393 e. The molecule has 0 saturated carbocycles. The van der Waals surface area contributed by atoms with Crippen molar-refractivity contribution in [3.05, 3.63) is 12.7 Å². The third-order valence-electron chi connectivity index (χ3n) is 1.31. The summed E-state index contributed by atoms with van der Waals surface area (Å²) in [5.74, 6) is 0. The quantitative estimate of drug-likeness (QED) is 0.576. The number of rotatable bonds is 4. The van der Waals surface area contributed by atoms with E-state index in [1.165, 1.54) is 6.08 Å². The van der Waals surface area contributed by atoms with Crippen LogP contribution in [-0.2, 0) is 0 Å². The van der Waals surface area contributed by atoms with Crippen LogP contribution in [0.5, 0.6) is 0 Å². The molecular weight excluding hydrogens is 222 g/mol. The summed E-state index contributed by atoms with van der Waals surface area (Å²) in [6.07, 6.45) is 0.0707. The van der Waals surface area contributed by atoms with Gasteiger partial charge in [0, 0.05) is 6.42 Å². The summed E-state index contributed by atoms with van der Waals surface area (Å²) in [6.45, 7) is 3.43. The van der Waals surface area contributed by atoms with Crippen molar-refractivity contribution in [1.82, 2.24) is 0 Å². The van der Waals surface area contributed by atoms with Crippen LogP contribution in [0.1, 0.15) is 12.8 Å². The molecule has 0 saturated heterocycles. The van der Waals surface area contributed by atoms with Crippen LogP contribution in [0.3, 0.4) is 0 Å². The molecular formula is C7H11Cl3O2.